The fourth-order valence-electron chi connectivity index (χ4n) is 2.46. The molecule has 0 aliphatic heterocycles. The third kappa shape index (κ3) is 3.12. The van der Waals surface area contributed by atoms with E-state index >= 15 is 0 Å². The van der Waals surface area contributed by atoms with E-state index in [0.717, 1.165) is 23.4 Å². The summed E-state index contributed by atoms with van der Waals surface area (Å²) in [4.78, 5) is 28.7. The first-order chi connectivity index (χ1) is 8.99. The van der Waals surface area contributed by atoms with Crippen molar-refractivity contribution in [3.8, 4) is 0 Å². The summed E-state index contributed by atoms with van der Waals surface area (Å²) in [7, 11) is 0. The van der Waals surface area contributed by atoms with Gasteiger partial charge in [0.15, 0.2) is 5.13 Å². The number of carbonyl (C=O) groups excluding carboxylic acids is 1. The van der Waals surface area contributed by atoms with Crippen molar-refractivity contribution in [1.82, 2.24) is 4.98 Å². The second-order valence-corrected chi connectivity index (χ2v) is 6.19. The average Bonchev–Trinajstić information content (AvgIpc) is 2.68. The van der Waals surface area contributed by atoms with E-state index < -0.39 is 17.8 Å². The SMILES string of the molecule is Cc1nc(NC(=O)[C@@H]2CCCC[C@H]2C(=O)O)sc1C. The number of carboxylic acids is 1. The van der Waals surface area contributed by atoms with Crippen molar-refractivity contribution in [1.29, 1.82) is 0 Å². The van der Waals surface area contributed by atoms with Gasteiger partial charge in [0, 0.05) is 4.88 Å². The van der Waals surface area contributed by atoms with Crippen LogP contribution < -0.4 is 5.32 Å². The van der Waals surface area contributed by atoms with Crippen LogP contribution in [0.3, 0.4) is 0 Å². The Hall–Kier alpha value is -1.43. The van der Waals surface area contributed by atoms with E-state index in [4.69, 9.17) is 0 Å². The molecule has 0 spiro atoms. The summed E-state index contributed by atoms with van der Waals surface area (Å²) in [6, 6.07) is 0. The van der Waals surface area contributed by atoms with Crippen LogP contribution in [-0.2, 0) is 9.59 Å². The number of aliphatic carboxylic acids is 1. The Labute approximate surface area is 116 Å². The maximum absolute atomic E-state index is 12.2. The number of thiazole rings is 1. The number of hydrogen-bond donors (Lipinski definition) is 2. The van der Waals surface area contributed by atoms with Crippen LogP contribution in [0.2, 0.25) is 0 Å². The molecule has 0 saturated heterocycles. The molecule has 0 radical (unpaired) electrons. The highest BCUT2D eigenvalue weighted by molar-refractivity contribution is 7.15. The Morgan fingerprint density at radius 3 is 2.42 bits per heavy atom. The minimum absolute atomic E-state index is 0.208. The van der Waals surface area contributed by atoms with E-state index in [2.05, 4.69) is 10.3 Å². The fourth-order valence-corrected chi connectivity index (χ4v) is 3.28. The number of hydrogen-bond acceptors (Lipinski definition) is 4. The topological polar surface area (TPSA) is 79.3 Å². The van der Waals surface area contributed by atoms with Crippen LogP contribution in [0, 0.1) is 25.7 Å². The Morgan fingerprint density at radius 1 is 1.26 bits per heavy atom. The number of nitrogens with zero attached hydrogens (tertiary/aromatic N) is 1. The van der Waals surface area contributed by atoms with Crippen LogP contribution in [0.1, 0.15) is 36.3 Å². The van der Waals surface area contributed by atoms with Crippen molar-refractivity contribution >= 4 is 28.3 Å². The Morgan fingerprint density at radius 2 is 1.89 bits per heavy atom. The summed E-state index contributed by atoms with van der Waals surface area (Å²) < 4.78 is 0. The minimum Gasteiger partial charge on any atom is -0.481 e. The highest BCUT2D eigenvalue weighted by Gasteiger charge is 2.35. The second kappa shape index (κ2) is 5.69. The van der Waals surface area contributed by atoms with Gasteiger partial charge in [-0.1, -0.05) is 12.8 Å². The van der Waals surface area contributed by atoms with E-state index in [0.29, 0.717) is 18.0 Å². The van der Waals surface area contributed by atoms with Gasteiger partial charge in [0.1, 0.15) is 0 Å². The van der Waals surface area contributed by atoms with Crippen molar-refractivity contribution in [3.05, 3.63) is 10.6 Å². The van der Waals surface area contributed by atoms with E-state index in [1.165, 1.54) is 11.3 Å². The van der Waals surface area contributed by atoms with Crippen molar-refractivity contribution in [2.75, 3.05) is 5.32 Å². The van der Waals surface area contributed by atoms with Gasteiger partial charge in [0.25, 0.3) is 0 Å². The first kappa shape index (κ1) is 14.0. The van der Waals surface area contributed by atoms with E-state index in [-0.39, 0.29) is 5.91 Å². The molecule has 2 N–H and O–H groups in total. The lowest BCUT2D eigenvalue weighted by Gasteiger charge is -2.26. The second-order valence-electron chi connectivity index (χ2n) is 4.99. The van der Waals surface area contributed by atoms with Crippen LogP contribution in [0.25, 0.3) is 0 Å². The third-order valence-electron chi connectivity index (χ3n) is 3.68. The van der Waals surface area contributed by atoms with Crippen molar-refractivity contribution in [2.45, 2.75) is 39.5 Å². The zero-order valence-corrected chi connectivity index (χ0v) is 11.9. The van der Waals surface area contributed by atoms with Gasteiger partial charge in [-0.05, 0) is 26.7 Å². The molecule has 6 heteroatoms. The Bertz CT molecular complexity index is 479. The molecule has 1 aliphatic carbocycles. The number of carbonyl (C=O) groups is 2. The number of nitrogens with one attached hydrogen (secondary N) is 1. The molecule has 1 fully saturated rings. The summed E-state index contributed by atoms with van der Waals surface area (Å²) in [6.45, 7) is 3.84. The standard InChI is InChI=1S/C13H18N2O3S/c1-7-8(2)19-13(14-7)15-11(16)9-5-3-4-6-10(9)12(17)18/h9-10H,3-6H2,1-2H3,(H,17,18)(H,14,15,16)/t9-,10-/m1/s1. The molecule has 19 heavy (non-hydrogen) atoms. The predicted octanol–water partition coefficient (Wildman–Crippen LogP) is 2.59. The van der Waals surface area contributed by atoms with Crippen LogP contribution in [-0.4, -0.2) is 22.0 Å². The Balaban J connectivity index is 2.07. The molecule has 2 rings (SSSR count). The highest BCUT2D eigenvalue weighted by Crippen LogP contribution is 2.32. The molecule has 1 aromatic rings. The maximum Gasteiger partial charge on any atom is 0.307 e. The van der Waals surface area contributed by atoms with Gasteiger partial charge in [-0.2, -0.15) is 0 Å². The maximum atomic E-state index is 12.2. The van der Waals surface area contributed by atoms with Crippen LogP contribution in [0.5, 0.6) is 0 Å². The van der Waals surface area contributed by atoms with E-state index in [1.807, 2.05) is 13.8 Å². The van der Waals surface area contributed by atoms with E-state index in [9.17, 15) is 14.7 Å². The average molecular weight is 282 g/mol. The first-order valence-electron chi connectivity index (χ1n) is 6.46. The summed E-state index contributed by atoms with van der Waals surface area (Å²) in [5.74, 6) is -2.07. The molecule has 2 atom stereocenters. The summed E-state index contributed by atoms with van der Waals surface area (Å²) in [5, 5.41) is 12.5. The molecule has 104 valence electrons. The predicted molar refractivity (Wildman–Crippen MR) is 73.3 cm³/mol. The number of rotatable bonds is 3. The summed E-state index contributed by atoms with van der Waals surface area (Å²) in [6.07, 6.45) is 3.03. The highest BCUT2D eigenvalue weighted by atomic mass is 32.1. The molecule has 1 amide bonds. The number of aryl methyl sites for hydroxylation is 2. The Kier molecular flexibility index (Phi) is 4.19. The first-order valence-corrected chi connectivity index (χ1v) is 7.28. The van der Waals surface area contributed by atoms with E-state index in [1.54, 1.807) is 0 Å². The molecule has 0 bridgehead atoms. The molecule has 1 aromatic heterocycles. The number of carboxylic acid groups (broad SMARTS) is 1. The molecule has 1 saturated carbocycles. The van der Waals surface area contributed by atoms with Gasteiger partial charge in [0.05, 0.1) is 17.5 Å². The van der Waals surface area contributed by atoms with Crippen LogP contribution >= 0.6 is 11.3 Å². The van der Waals surface area contributed by atoms with Crippen molar-refractivity contribution in [2.24, 2.45) is 11.8 Å². The molecule has 1 aliphatic rings. The lowest BCUT2D eigenvalue weighted by molar-refractivity contribution is -0.147. The van der Waals surface area contributed by atoms with Crippen molar-refractivity contribution in [3.63, 3.8) is 0 Å². The zero-order chi connectivity index (χ0) is 14.0. The van der Waals surface area contributed by atoms with Gasteiger partial charge in [0.2, 0.25) is 5.91 Å². The van der Waals surface area contributed by atoms with Gasteiger partial charge in [-0.3, -0.25) is 9.59 Å². The molecule has 0 unspecified atom stereocenters. The van der Waals surface area contributed by atoms with Crippen LogP contribution in [0.15, 0.2) is 0 Å². The molecular formula is C13H18N2O3S. The summed E-state index contributed by atoms with van der Waals surface area (Å²) in [5.41, 5.74) is 0.902. The number of aromatic nitrogens is 1. The zero-order valence-electron chi connectivity index (χ0n) is 11.1. The van der Waals surface area contributed by atoms with Crippen molar-refractivity contribution < 1.29 is 14.7 Å². The third-order valence-corrected chi connectivity index (χ3v) is 4.67. The minimum atomic E-state index is -0.869. The monoisotopic (exact) mass is 282 g/mol. The number of amides is 1. The largest absolute Gasteiger partial charge is 0.481 e. The quantitative estimate of drug-likeness (QED) is 0.893. The normalized spacial score (nSPS) is 23.1. The molecular weight excluding hydrogens is 264 g/mol. The van der Waals surface area contributed by atoms with Gasteiger partial charge < -0.3 is 10.4 Å². The lowest BCUT2D eigenvalue weighted by Crippen LogP contribution is -2.36. The summed E-state index contributed by atoms with van der Waals surface area (Å²) >= 11 is 1.43. The molecule has 1 heterocycles. The number of anilines is 1. The fraction of sp³-hybridized carbons (Fsp3) is 0.615. The van der Waals surface area contributed by atoms with Gasteiger partial charge in [-0.15, -0.1) is 11.3 Å². The van der Waals surface area contributed by atoms with Gasteiger partial charge >= 0.3 is 5.97 Å². The molecule has 0 aromatic carbocycles. The lowest BCUT2D eigenvalue weighted by atomic mass is 9.79. The van der Waals surface area contributed by atoms with Gasteiger partial charge in [-0.25, -0.2) is 4.98 Å². The van der Waals surface area contributed by atoms with Crippen LogP contribution in [0.4, 0.5) is 5.13 Å². The smallest absolute Gasteiger partial charge is 0.307 e. The molecule has 5 nitrogen and oxygen atoms in total.